The molecular weight excluding hydrogens is 488 g/mol. The van der Waals surface area contributed by atoms with E-state index in [0.29, 0.717) is 0 Å². The van der Waals surface area contributed by atoms with Crippen LogP contribution in [0.2, 0.25) is 0 Å². The second kappa shape index (κ2) is 9.11. The van der Waals surface area contributed by atoms with Gasteiger partial charge in [0.25, 0.3) is 0 Å². The summed E-state index contributed by atoms with van der Waals surface area (Å²) >= 11 is 0. The van der Waals surface area contributed by atoms with E-state index >= 15 is 0 Å². The van der Waals surface area contributed by atoms with Crippen molar-refractivity contribution in [1.29, 1.82) is 0 Å². The number of anilines is 3. The molecule has 0 saturated heterocycles. The van der Waals surface area contributed by atoms with Gasteiger partial charge in [0.05, 0.1) is 5.39 Å². The molecule has 0 spiro atoms. The van der Waals surface area contributed by atoms with Gasteiger partial charge in [0, 0.05) is 23.0 Å². The van der Waals surface area contributed by atoms with Crippen LogP contribution in [0.5, 0.6) is 0 Å². The summed E-state index contributed by atoms with van der Waals surface area (Å²) in [6.07, 6.45) is 1.84. The first kappa shape index (κ1) is 22.6. The first-order chi connectivity index (χ1) is 19.8. The average molecular weight is 513 g/mol. The van der Waals surface area contributed by atoms with Gasteiger partial charge in [-0.15, -0.1) is 0 Å². The lowest BCUT2D eigenvalue weighted by Crippen LogP contribution is -2.12. The average Bonchev–Trinajstić information content (AvgIpc) is 3.41. The summed E-state index contributed by atoms with van der Waals surface area (Å²) in [5.41, 5.74) is 6.12. The quantitative estimate of drug-likeness (QED) is 0.220. The number of rotatable bonds is 4. The molecule has 0 unspecified atom stereocenters. The monoisotopic (exact) mass is 512 g/mol. The third-order valence-electron chi connectivity index (χ3n) is 7.70. The highest BCUT2D eigenvalue weighted by atomic mass is 16.3. The third kappa shape index (κ3) is 3.63. The Morgan fingerprint density at radius 2 is 1.12 bits per heavy atom. The van der Waals surface area contributed by atoms with Gasteiger partial charge >= 0.3 is 0 Å². The molecule has 2 heterocycles. The van der Waals surface area contributed by atoms with Crippen molar-refractivity contribution in [3.63, 3.8) is 0 Å². The molecule has 0 aliphatic carbocycles. The van der Waals surface area contributed by atoms with Gasteiger partial charge in [-0.25, -0.2) is 4.98 Å². The van der Waals surface area contributed by atoms with Gasteiger partial charge in [-0.05, 0) is 69.1 Å². The number of nitrogens with zero attached hydrogens (tertiary/aromatic N) is 2. The summed E-state index contributed by atoms with van der Waals surface area (Å²) in [7, 11) is 0. The fourth-order valence-electron chi connectivity index (χ4n) is 5.78. The highest BCUT2D eigenvalue weighted by Crippen LogP contribution is 2.43. The zero-order valence-corrected chi connectivity index (χ0v) is 21.7. The molecule has 3 nitrogen and oxygen atoms in total. The Kier molecular flexibility index (Phi) is 5.14. The molecule has 0 aliphatic heterocycles. The number of pyridine rings is 1. The summed E-state index contributed by atoms with van der Waals surface area (Å²) in [4.78, 5) is 7.22. The van der Waals surface area contributed by atoms with Crippen LogP contribution in [0.25, 0.3) is 54.6 Å². The van der Waals surface area contributed by atoms with Crippen molar-refractivity contribution in [2.24, 2.45) is 0 Å². The van der Waals surface area contributed by atoms with Crippen LogP contribution in [-0.2, 0) is 0 Å². The molecule has 40 heavy (non-hydrogen) atoms. The van der Waals surface area contributed by atoms with E-state index in [1.165, 1.54) is 32.7 Å². The zero-order valence-electron chi connectivity index (χ0n) is 21.7. The first-order valence-electron chi connectivity index (χ1n) is 13.5. The molecule has 3 heteroatoms. The van der Waals surface area contributed by atoms with E-state index < -0.39 is 0 Å². The van der Waals surface area contributed by atoms with Gasteiger partial charge in [-0.3, -0.25) is 4.90 Å². The van der Waals surface area contributed by atoms with E-state index in [2.05, 4.69) is 120 Å². The van der Waals surface area contributed by atoms with Crippen molar-refractivity contribution in [2.45, 2.75) is 0 Å². The van der Waals surface area contributed by atoms with E-state index in [1.807, 2.05) is 30.5 Å². The van der Waals surface area contributed by atoms with Crippen LogP contribution in [0, 0.1) is 0 Å². The molecule has 0 fully saturated rings. The van der Waals surface area contributed by atoms with E-state index in [1.54, 1.807) is 0 Å². The largest absolute Gasteiger partial charge is 0.456 e. The number of fused-ring (bicyclic) bond motifs is 6. The van der Waals surface area contributed by atoms with Crippen molar-refractivity contribution in [2.75, 3.05) is 4.90 Å². The minimum absolute atomic E-state index is 0.823. The molecule has 8 rings (SSSR count). The van der Waals surface area contributed by atoms with Crippen LogP contribution in [-0.4, -0.2) is 4.98 Å². The fourth-order valence-corrected chi connectivity index (χ4v) is 5.78. The molecule has 2 aromatic heterocycles. The molecule has 0 bridgehead atoms. The van der Waals surface area contributed by atoms with E-state index in [4.69, 9.17) is 9.40 Å². The topological polar surface area (TPSA) is 29.3 Å². The van der Waals surface area contributed by atoms with Gasteiger partial charge < -0.3 is 4.42 Å². The minimum atomic E-state index is 0.823. The Balaban J connectivity index is 1.39. The second-order valence-electron chi connectivity index (χ2n) is 10.0. The fraction of sp³-hybridized carbons (Fsp3) is 0. The van der Waals surface area contributed by atoms with Gasteiger partial charge in [0.1, 0.15) is 17.0 Å². The minimum Gasteiger partial charge on any atom is -0.456 e. The molecular formula is C37H24N2O. The Morgan fingerprint density at radius 1 is 0.475 bits per heavy atom. The molecule has 0 radical (unpaired) electrons. The number of hydrogen-bond acceptors (Lipinski definition) is 3. The molecule has 0 atom stereocenters. The highest BCUT2D eigenvalue weighted by Gasteiger charge is 2.21. The number of hydrogen-bond donors (Lipinski definition) is 0. The van der Waals surface area contributed by atoms with Crippen molar-refractivity contribution in [3.8, 4) is 11.1 Å². The van der Waals surface area contributed by atoms with Crippen LogP contribution in [0.4, 0.5) is 17.2 Å². The number of para-hydroxylation sites is 1. The lowest BCUT2D eigenvalue weighted by Gasteiger charge is -2.25. The van der Waals surface area contributed by atoms with Crippen molar-refractivity contribution in [3.05, 3.63) is 146 Å². The summed E-state index contributed by atoms with van der Waals surface area (Å²) in [6, 6.07) is 48.9. The van der Waals surface area contributed by atoms with Crippen LogP contribution < -0.4 is 4.90 Å². The van der Waals surface area contributed by atoms with Gasteiger partial charge in [-0.1, -0.05) is 103 Å². The standard InChI is InChI=1S/C37H24N2O/c1-2-8-25(9-3-1)26-16-19-29(20-17-26)39(37-36-32-12-6-7-13-34(32)40-35(36)22-23-38-37)30-21-18-28-15-14-27-10-4-5-11-31(27)33(28)24-30/h1-24H. The van der Waals surface area contributed by atoms with Crippen LogP contribution in [0.3, 0.4) is 0 Å². The van der Waals surface area contributed by atoms with Gasteiger partial charge in [0.15, 0.2) is 0 Å². The SMILES string of the molecule is c1ccc(-c2ccc(N(c3ccc4ccc5ccccc5c4c3)c3nccc4oc5ccccc5c34)cc2)cc1. The highest BCUT2D eigenvalue weighted by molar-refractivity contribution is 6.13. The molecule has 8 aromatic rings. The van der Waals surface area contributed by atoms with Crippen molar-refractivity contribution < 1.29 is 4.42 Å². The van der Waals surface area contributed by atoms with E-state index in [-0.39, 0.29) is 0 Å². The summed E-state index contributed by atoms with van der Waals surface area (Å²) in [5.74, 6) is 0.842. The first-order valence-corrected chi connectivity index (χ1v) is 13.5. The summed E-state index contributed by atoms with van der Waals surface area (Å²) in [6.45, 7) is 0. The Hall–Kier alpha value is -5.41. The maximum Gasteiger partial charge on any atom is 0.149 e. The van der Waals surface area contributed by atoms with Crippen molar-refractivity contribution in [1.82, 2.24) is 4.98 Å². The normalized spacial score (nSPS) is 11.5. The van der Waals surface area contributed by atoms with E-state index in [9.17, 15) is 0 Å². The molecule has 0 N–H and O–H groups in total. The molecule has 6 aromatic carbocycles. The molecule has 0 saturated carbocycles. The Labute approximate surface area is 231 Å². The third-order valence-corrected chi connectivity index (χ3v) is 7.70. The molecule has 0 amide bonds. The van der Waals surface area contributed by atoms with Crippen LogP contribution >= 0.6 is 0 Å². The number of aromatic nitrogens is 1. The predicted molar refractivity (Wildman–Crippen MR) is 167 cm³/mol. The van der Waals surface area contributed by atoms with Gasteiger partial charge in [-0.2, -0.15) is 0 Å². The maximum absolute atomic E-state index is 6.25. The number of benzene rings is 6. The Bertz CT molecular complexity index is 2160. The van der Waals surface area contributed by atoms with Gasteiger partial charge in [0.2, 0.25) is 0 Å². The van der Waals surface area contributed by atoms with E-state index in [0.717, 1.165) is 39.1 Å². The predicted octanol–water partition coefficient (Wildman–Crippen LogP) is 10.4. The molecule has 188 valence electrons. The van der Waals surface area contributed by atoms with Crippen molar-refractivity contribution >= 4 is 60.7 Å². The maximum atomic E-state index is 6.25. The summed E-state index contributed by atoms with van der Waals surface area (Å²) in [5, 5.41) is 6.95. The lowest BCUT2D eigenvalue weighted by molar-refractivity contribution is 0.668. The smallest absolute Gasteiger partial charge is 0.149 e. The Morgan fingerprint density at radius 3 is 1.98 bits per heavy atom. The second-order valence-corrected chi connectivity index (χ2v) is 10.0. The van der Waals surface area contributed by atoms with Crippen LogP contribution in [0.15, 0.2) is 150 Å². The zero-order chi connectivity index (χ0) is 26.5. The summed E-state index contributed by atoms with van der Waals surface area (Å²) < 4.78 is 6.25. The lowest BCUT2D eigenvalue weighted by atomic mass is 10.0. The van der Waals surface area contributed by atoms with Crippen LogP contribution in [0.1, 0.15) is 0 Å². The number of furan rings is 1. The molecule has 0 aliphatic rings.